The van der Waals surface area contributed by atoms with Crippen molar-refractivity contribution in [3.8, 4) is 11.1 Å². The second-order valence-corrected chi connectivity index (χ2v) is 8.40. The maximum Gasteiger partial charge on any atom is 0.408 e. The number of nitrogens with one attached hydrogen (secondary N) is 2. The fourth-order valence-corrected chi connectivity index (χ4v) is 4.44. The van der Waals surface area contributed by atoms with Crippen LogP contribution in [0, 0.1) is 0 Å². The number of hydrogen-bond donors (Lipinski definition) is 3. The number of alkyl carbamates (subject to hydrolysis) is 1. The van der Waals surface area contributed by atoms with Crippen LogP contribution < -0.4 is 10.6 Å². The molecule has 8 nitrogen and oxygen atoms in total. The highest BCUT2D eigenvalue weighted by Crippen LogP contribution is 2.44. The van der Waals surface area contributed by atoms with Crippen LogP contribution in [0.1, 0.15) is 42.7 Å². The molecule has 2 aliphatic carbocycles. The standard InChI is InChI=1S/C25H28N2O6/c28-22(29)10-14-32-15-13-26-23(30)25(11-5-12-25)27-24(31)33-16-21-19-8-3-1-6-17(19)18-7-2-4-9-20(18)21/h1-4,6-9,21H,5,10-16H2,(H,26,30)(H,27,31)(H,28,29). The number of fused-ring (bicyclic) bond motifs is 3. The number of hydrogen-bond acceptors (Lipinski definition) is 5. The van der Waals surface area contributed by atoms with Crippen LogP contribution in [0.2, 0.25) is 0 Å². The normalized spacial score (nSPS) is 15.6. The number of amides is 2. The summed E-state index contributed by atoms with van der Waals surface area (Å²) in [6.45, 7) is 0.732. The smallest absolute Gasteiger partial charge is 0.408 e. The summed E-state index contributed by atoms with van der Waals surface area (Å²) in [6, 6.07) is 16.2. The molecule has 174 valence electrons. The van der Waals surface area contributed by atoms with Crippen molar-refractivity contribution >= 4 is 18.0 Å². The van der Waals surface area contributed by atoms with Gasteiger partial charge in [-0.1, -0.05) is 48.5 Å². The molecule has 2 aliphatic rings. The molecule has 0 unspecified atom stereocenters. The first-order valence-corrected chi connectivity index (χ1v) is 11.2. The van der Waals surface area contributed by atoms with E-state index in [0.717, 1.165) is 28.7 Å². The number of carbonyl (C=O) groups excluding carboxylic acids is 2. The zero-order valence-electron chi connectivity index (χ0n) is 18.3. The SMILES string of the molecule is O=C(O)CCOCCNC(=O)C1(NC(=O)OCC2c3ccccc3-c3ccccc32)CCC1. The highest BCUT2D eigenvalue weighted by molar-refractivity contribution is 5.91. The monoisotopic (exact) mass is 452 g/mol. The molecular formula is C25H28N2O6. The highest BCUT2D eigenvalue weighted by Gasteiger charge is 2.46. The number of carboxylic acids is 1. The van der Waals surface area contributed by atoms with Gasteiger partial charge >= 0.3 is 12.1 Å². The predicted molar refractivity (Wildman–Crippen MR) is 121 cm³/mol. The maximum atomic E-state index is 12.7. The minimum Gasteiger partial charge on any atom is -0.481 e. The Morgan fingerprint density at radius 3 is 2.18 bits per heavy atom. The molecule has 2 aromatic rings. The topological polar surface area (TPSA) is 114 Å². The van der Waals surface area contributed by atoms with Crippen molar-refractivity contribution in [1.29, 1.82) is 0 Å². The van der Waals surface area contributed by atoms with E-state index < -0.39 is 17.6 Å². The molecule has 2 aromatic carbocycles. The summed E-state index contributed by atoms with van der Waals surface area (Å²) in [7, 11) is 0. The van der Waals surface area contributed by atoms with Gasteiger partial charge in [-0.2, -0.15) is 0 Å². The minimum atomic E-state index is -0.969. The van der Waals surface area contributed by atoms with Crippen molar-refractivity contribution in [2.24, 2.45) is 0 Å². The van der Waals surface area contributed by atoms with E-state index in [1.165, 1.54) is 0 Å². The van der Waals surface area contributed by atoms with E-state index in [0.29, 0.717) is 12.8 Å². The molecule has 1 fully saturated rings. The number of ether oxygens (including phenoxy) is 2. The van der Waals surface area contributed by atoms with Gasteiger partial charge in [-0.05, 0) is 41.5 Å². The minimum absolute atomic E-state index is 0.0442. The van der Waals surface area contributed by atoms with E-state index in [9.17, 15) is 14.4 Å². The van der Waals surface area contributed by atoms with Gasteiger partial charge in [0.25, 0.3) is 0 Å². The van der Waals surface area contributed by atoms with Gasteiger partial charge in [0.1, 0.15) is 12.1 Å². The molecule has 2 amide bonds. The summed E-state index contributed by atoms with van der Waals surface area (Å²) >= 11 is 0. The lowest BCUT2D eigenvalue weighted by molar-refractivity contribution is -0.138. The Hall–Kier alpha value is -3.39. The van der Waals surface area contributed by atoms with E-state index in [1.807, 2.05) is 24.3 Å². The van der Waals surface area contributed by atoms with Crippen LogP contribution in [-0.2, 0) is 19.1 Å². The molecule has 1 saturated carbocycles. The van der Waals surface area contributed by atoms with Crippen molar-refractivity contribution in [3.63, 3.8) is 0 Å². The maximum absolute atomic E-state index is 12.7. The molecule has 0 saturated heterocycles. The molecule has 8 heteroatoms. The van der Waals surface area contributed by atoms with Crippen LogP contribution in [0.25, 0.3) is 11.1 Å². The van der Waals surface area contributed by atoms with Gasteiger partial charge in [0.15, 0.2) is 0 Å². The first kappa shape index (κ1) is 22.8. The first-order valence-electron chi connectivity index (χ1n) is 11.2. The van der Waals surface area contributed by atoms with Crippen molar-refractivity contribution in [2.45, 2.75) is 37.1 Å². The Morgan fingerprint density at radius 1 is 0.970 bits per heavy atom. The molecule has 0 atom stereocenters. The average Bonchev–Trinajstić information content (AvgIpc) is 3.10. The van der Waals surface area contributed by atoms with Gasteiger partial charge < -0.3 is 25.2 Å². The molecule has 0 aromatic heterocycles. The van der Waals surface area contributed by atoms with Gasteiger partial charge in [0.2, 0.25) is 5.91 Å². The quantitative estimate of drug-likeness (QED) is 0.478. The van der Waals surface area contributed by atoms with Crippen LogP contribution in [-0.4, -0.2) is 55.0 Å². The summed E-state index contributed by atoms with van der Waals surface area (Å²) in [6.07, 6.45) is 1.24. The summed E-state index contributed by atoms with van der Waals surface area (Å²) in [4.78, 5) is 35.8. The second kappa shape index (κ2) is 10.0. The summed E-state index contributed by atoms with van der Waals surface area (Å²) in [5, 5.41) is 14.1. The molecule has 3 N–H and O–H groups in total. The van der Waals surface area contributed by atoms with E-state index >= 15 is 0 Å². The molecule has 4 rings (SSSR count). The molecular weight excluding hydrogens is 424 g/mol. The van der Waals surface area contributed by atoms with Gasteiger partial charge in [-0.3, -0.25) is 9.59 Å². The van der Waals surface area contributed by atoms with E-state index in [4.69, 9.17) is 14.6 Å². The van der Waals surface area contributed by atoms with Gasteiger partial charge in [0.05, 0.1) is 19.6 Å². The lowest BCUT2D eigenvalue weighted by atomic mass is 9.76. The molecule has 0 aliphatic heterocycles. The second-order valence-electron chi connectivity index (χ2n) is 8.40. The van der Waals surface area contributed by atoms with Crippen LogP contribution in [0.4, 0.5) is 4.79 Å². The lowest BCUT2D eigenvalue weighted by Gasteiger charge is -2.40. The number of aliphatic carboxylic acids is 1. The third-order valence-corrected chi connectivity index (χ3v) is 6.32. The summed E-state index contributed by atoms with van der Waals surface area (Å²) in [5.41, 5.74) is 3.60. The zero-order chi connectivity index (χ0) is 23.3. The fourth-order valence-electron chi connectivity index (χ4n) is 4.44. The Bertz CT molecular complexity index is 988. The lowest BCUT2D eigenvalue weighted by Crippen LogP contribution is -2.63. The Balaban J connectivity index is 1.29. The first-order chi connectivity index (χ1) is 16.0. The molecule has 0 bridgehead atoms. The predicted octanol–water partition coefficient (Wildman–Crippen LogP) is 3.06. The molecule has 33 heavy (non-hydrogen) atoms. The Labute approximate surface area is 192 Å². The van der Waals surface area contributed by atoms with Gasteiger partial charge in [0, 0.05) is 12.5 Å². The van der Waals surface area contributed by atoms with Crippen LogP contribution in [0.15, 0.2) is 48.5 Å². The number of benzene rings is 2. The van der Waals surface area contributed by atoms with E-state index in [-0.39, 0.29) is 44.6 Å². The highest BCUT2D eigenvalue weighted by atomic mass is 16.5. The Morgan fingerprint density at radius 2 is 1.61 bits per heavy atom. The molecule has 0 heterocycles. The fraction of sp³-hybridized carbons (Fsp3) is 0.400. The van der Waals surface area contributed by atoms with Crippen molar-refractivity contribution < 1.29 is 29.0 Å². The van der Waals surface area contributed by atoms with Crippen molar-refractivity contribution in [1.82, 2.24) is 10.6 Å². The largest absolute Gasteiger partial charge is 0.481 e. The third kappa shape index (κ3) is 5.01. The van der Waals surface area contributed by atoms with Crippen molar-refractivity contribution in [3.05, 3.63) is 59.7 Å². The molecule has 0 spiro atoms. The van der Waals surface area contributed by atoms with Crippen molar-refractivity contribution in [2.75, 3.05) is 26.4 Å². The van der Waals surface area contributed by atoms with Crippen LogP contribution >= 0.6 is 0 Å². The average molecular weight is 453 g/mol. The third-order valence-electron chi connectivity index (χ3n) is 6.32. The van der Waals surface area contributed by atoms with Gasteiger partial charge in [-0.15, -0.1) is 0 Å². The molecule has 0 radical (unpaired) electrons. The van der Waals surface area contributed by atoms with Crippen LogP contribution in [0.5, 0.6) is 0 Å². The summed E-state index contributed by atoms with van der Waals surface area (Å²) < 4.78 is 10.8. The summed E-state index contributed by atoms with van der Waals surface area (Å²) in [5.74, 6) is -1.25. The number of rotatable bonds is 10. The van der Waals surface area contributed by atoms with Gasteiger partial charge in [-0.25, -0.2) is 4.79 Å². The van der Waals surface area contributed by atoms with E-state index in [1.54, 1.807) is 0 Å². The van der Waals surface area contributed by atoms with E-state index in [2.05, 4.69) is 34.9 Å². The van der Waals surface area contributed by atoms with Crippen LogP contribution in [0.3, 0.4) is 0 Å². The Kier molecular flexibility index (Phi) is 6.93. The number of carbonyl (C=O) groups is 3. The zero-order valence-corrected chi connectivity index (χ0v) is 18.3. The number of carboxylic acid groups (broad SMARTS) is 1.